The lowest BCUT2D eigenvalue weighted by Gasteiger charge is -2.32. The first kappa shape index (κ1) is 15.1. The molecule has 7 heteroatoms. The SMILES string of the molecule is CN1CCN(S(=O)(=O)c2cc(N)ccc2N(C)C)CC1. The van der Waals surface area contributed by atoms with Gasteiger partial charge in [-0.1, -0.05) is 0 Å². The summed E-state index contributed by atoms with van der Waals surface area (Å²) >= 11 is 0. The molecule has 6 nitrogen and oxygen atoms in total. The van der Waals surface area contributed by atoms with E-state index in [-0.39, 0.29) is 4.90 Å². The smallest absolute Gasteiger partial charge is 0.245 e. The van der Waals surface area contributed by atoms with Gasteiger partial charge in [-0.25, -0.2) is 8.42 Å². The van der Waals surface area contributed by atoms with Gasteiger partial charge >= 0.3 is 0 Å². The average Bonchev–Trinajstić information content (AvgIpc) is 2.38. The van der Waals surface area contributed by atoms with Crippen LogP contribution in [0.15, 0.2) is 23.1 Å². The number of nitrogen functional groups attached to an aromatic ring is 1. The van der Waals surface area contributed by atoms with Crippen LogP contribution < -0.4 is 10.6 Å². The van der Waals surface area contributed by atoms with Crippen molar-refractivity contribution >= 4 is 21.4 Å². The van der Waals surface area contributed by atoms with Crippen LogP contribution in [0.2, 0.25) is 0 Å². The Labute approximate surface area is 120 Å². The van der Waals surface area contributed by atoms with E-state index in [1.54, 1.807) is 23.1 Å². The van der Waals surface area contributed by atoms with Crippen LogP contribution in [0.4, 0.5) is 11.4 Å². The highest BCUT2D eigenvalue weighted by Crippen LogP contribution is 2.29. The van der Waals surface area contributed by atoms with Gasteiger partial charge in [0.1, 0.15) is 4.90 Å². The van der Waals surface area contributed by atoms with Gasteiger partial charge in [0.15, 0.2) is 0 Å². The molecule has 1 aliphatic heterocycles. The molecule has 2 N–H and O–H groups in total. The second kappa shape index (κ2) is 5.59. The molecule has 1 heterocycles. The predicted molar refractivity (Wildman–Crippen MR) is 81.4 cm³/mol. The molecule has 0 bridgehead atoms. The molecule has 0 aromatic heterocycles. The van der Waals surface area contributed by atoms with E-state index in [4.69, 9.17) is 5.73 Å². The van der Waals surface area contributed by atoms with Gasteiger partial charge in [-0.05, 0) is 25.2 Å². The van der Waals surface area contributed by atoms with Crippen LogP contribution >= 0.6 is 0 Å². The molecule has 1 aromatic rings. The molecule has 0 atom stereocenters. The van der Waals surface area contributed by atoms with E-state index in [0.29, 0.717) is 24.5 Å². The van der Waals surface area contributed by atoms with E-state index >= 15 is 0 Å². The number of hydrogen-bond donors (Lipinski definition) is 1. The summed E-state index contributed by atoms with van der Waals surface area (Å²) in [7, 11) is 2.15. The van der Waals surface area contributed by atoms with Crippen LogP contribution in [0.3, 0.4) is 0 Å². The van der Waals surface area contributed by atoms with Crippen LogP contribution in [-0.4, -0.2) is 64.9 Å². The number of piperazine rings is 1. The fraction of sp³-hybridized carbons (Fsp3) is 0.538. The molecule has 2 rings (SSSR count). The molecule has 112 valence electrons. The summed E-state index contributed by atoms with van der Waals surface area (Å²) in [4.78, 5) is 4.20. The molecule has 0 aliphatic carbocycles. The third-order valence-electron chi connectivity index (χ3n) is 3.55. The predicted octanol–water partition coefficient (Wildman–Crippen LogP) is 0.271. The molecule has 0 unspecified atom stereocenters. The second-order valence-corrected chi connectivity index (χ2v) is 7.24. The van der Waals surface area contributed by atoms with Crippen molar-refractivity contribution in [3.05, 3.63) is 18.2 Å². The Morgan fingerprint density at radius 2 is 1.75 bits per heavy atom. The molecule has 1 fully saturated rings. The van der Waals surface area contributed by atoms with Crippen molar-refractivity contribution in [3.8, 4) is 0 Å². The molecular formula is C13H22N4O2S. The molecule has 0 amide bonds. The van der Waals surface area contributed by atoms with E-state index in [1.165, 1.54) is 4.31 Å². The van der Waals surface area contributed by atoms with E-state index in [0.717, 1.165) is 13.1 Å². The molecule has 1 aliphatic rings. The minimum atomic E-state index is -3.50. The van der Waals surface area contributed by atoms with Gasteiger partial charge in [0.25, 0.3) is 0 Å². The zero-order chi connectivity index (χ0) is 14.9. The van der Waals surface area contributed by atoms with E-state index in [9.17, 15) is 8.42 Å². The van der Waals surface area contributed by atoms with Gasteiger partial charge in [-0.15, -0.1) is 0 Å². The molecule has 1 saturated heterocycles. The maximum atomic E-state index is 12.8. The number of anilines is 2. The first-order valence-corrected chi connectivity index (χ1v) is 8.02. The van der Waals surface area contributed by atoms with E-state index < -0.39 is 10.0 Å². The van der Waals surface area contributed by atoms with Crippen molar-refractivity contribution in [3.63, 3.8) is 0 Å². The number of rotatable bonds is 3. The standard InChI is InChI=1S/C13H22N4O2S/c1-15(2)12-5-4-11(14)10-13(12)20(18,19)17-8-6-16(3)7-9-17/h4-5,10H,6-9,14H2,1-3H3. The van der Waals surface area contributed by atoms with Crippen molar-refractivity contribution in [1.29, 1.82) is 0 Å². The lowest BCUT2D eigenvalue weighted by Crippen LogP contribution is -2.47. The number of nitrogens with two attached hydrogens (primary N) is 1. The Bertz CT molecular complexity index is 578. The molecule has 1 aromatic carbocycles. The third kappa shape index (κ3) is 2.89. The third-order valence-corrected chi connectivity index (χ3v) is 5.47. The fourth-order valence-corrected chi connectivity index (χ4v) is 4.00. The van der Waals surface area contributed by atoms with Crippen molar-refractivity contribution in [2.75, 3.05) is 58.0 Å². The summed E-state index contributed by atoms with van der Waals surface area (Å²) in [6, 6.07) is 5.01. The van der Waals surface area contributed by atoms with Gasteiger partial charge in [-0.3, -0.25) is 0 Å². The van der Waals surface area contributed by atoms with Crippen LogP contribution in [0.25, 0.3) is 0 Å². The Kier molecular flexibility index (Phi) is 4.22. The largest absolute Gasteiger partial charge is 0.399 e. The second-order valence-electron chi connectivity index (χ2n) is 5.33. The molecule has 0 radical (unpaired) electrons. The van der Waals surface area contributed by atoms with Crippen molar-refractivity contribution in [1.82, 2.24) is 9.21 Å². The van der Waals surface area contributed by atoms with Crippen LogP contribution in [0.5, 0.6) is 0 Å². The monoisotopic (exact) mass is 298 g/mol. The Balaban J connectivity index is 2.41. The van der Waals surface area contributed by atoms with E-state index in [1.807, 2.05) is 21.1 Å². The first-order valence-electron chi connectivity index (χ1n) is 6.58. The normalized spacial score (nSPS) is 18.1. The average molecular weight is 298 g/mol. The molecule has 0 saturated carbocycles. The van der Waals surface area contributed by atoms with Crippen molar-refractivity contribution in [2.45, 2.75) is 4.90 Å². The Morgan fingerprint density at radius 1 is 1.15 bits per heavy atom. The number of likely N-dealkylation sites (N-methyl/N-ethyl adjacent to an activating group) is 1. The summed E-state index contributed by atoms with van der Waals surface area (Å²) < 4.78 is 27.1. The summed E-state index contributed by atoms with van der Waals surface area (Å²) in [5, 5.41) is 0. The zero-order valence-electron chi connectivity index (χ0n) is 12.2. The van der Waals surface area contributed by atoms with Gasteiger partial charge in [0.2, 0.25) is 10.0 Å². The molecule has 0 spiro atoms. The molecular weight excluding hydrogens is 276 g/mol. The van der Waals surface area contributed by atoms with Crippen molar-refractivity contribution < 1.29 is 8.42 Å². The van der Waals surface area contributed by atoms with Crippen LogP contribution in [0, 0.1) is 0 Å². The number of hydrogen-bond acceptors (Lipinski definition) is 5. The minimum absolute atomic E-state index is 0.284. The van der Waals surface area contributed by atoms with Gasteiger partial charge in [0, 0.05) is 46.0 Å². The van der Waals surface area contributed by atoms with Gasteiger partial charge in [-0.2, -0.15) is 4.31 Å². The van der Waals surface area contributed by atoms with E-state index in [2.05, 4.69) is 4.90 Å². The lowest BCUT2D eigenvalue weighted by molar-refractivity contribution is 0.222. The summed E-state index contributed by atoms with van der Waals surface area (Å²) in [5.41, 5.74) is 6.89. The lowest BCUT2D eigenvalue weighted by atomic mass is 10.3. The number of nitrogens with zero attached hydrogens (tertiary/aromatic N) is 3. The van der Waals surface area contributed by atoms with Gasteiger partial charge in [0.05, 0.1) is 5.69 Å². The Hall–Kier alpha value is -1.31. The van der Waals surface area contributed by atoms with Gasteiger partial charge < -0.3 is 15.5 Å². The van der Waals surface area contributed by atoms with Crippen LogP contribution in [-0.2, 0) is 10.0 Å². The highest BCUT2D eigenvalue weighted by Gasteiger charge is 2.30. The highest BCUT2D eigenvalue weighted by molar-refractivity contribution is 7.89. The number of benzene rings is 1. The maximum absolute atomic E-state index is 12.8. The summed E-state index contributed by atoms with van der Waals surface area (Å²) in [6.45, 7) is 2.53. The quantitative estimate of drug-likeness (QED) is 0.811. The maximum Gasteiger partial charge on any atom is 0.245 e. The summed E-state index contributed by atoms with van der Waals surface area (Å²) in [6.07, 6.45) is 0. The minimum Gasteiger partial charge on any atom is -0.399 e. The first-order chi connectivity index (χ1) is 9.32. The zero-order valence-corrected chi connectivity index (χ0v) is 13.0. The topological polar surface area (TPSA) is 69.9 Å². The Morgan fingerprint density at radius 3 is 2.30 bits per heavy atom. The highest BCUT2D eigenvalue weighted by atomic mass is 32.2. The molecule has 20 heavy (non-hydrogen) atoms. The fourth-order valence-electron chi connectivity index (χ4n) is 2.27. The van der Waals surface area contributed by atoms with Crippen molar-refractivity contribution in [2.24, 2.45) is 0 Å². The number of sulfonamides is 1. The van der Waals surface area contributed by atoms with Crippen LogP contribution in [0.1, 0.15) is 0 Å². The summed E-state index contributed by atoms with van der Waals surface area (Å²) in [5.74, 6) is 0.